The summed E-state index contributed by atoms with van der Waals surface area (Å²) >= 11 is 0. The zero-order chi connectivity index (χ0) is 14.1. The molecular weight excluding hydrogens is 234 g/mol. The van der Waals surface area contributed by atoms with Crippen molar-refractivity contribution in [3.05, 3.63) is 48.6 Å². The SMILES string of the molecule is CC.CNc1ccc(N=C2C=CC(=[NH+]C)C=C2)cc1. The molecule has 1 aliphatic carbocycles. The molecule has 0 aromatic heterocycles. The summed E-state index contributed by atoms with van der Waals surface area (Å²) < 4.78 is 0. The van der Waals surface area contributed by atoms with E-state index >= 15 is 0 Å². The number of nitrogens with one attached hydrogen (secondary N) is 2. The summed E-state index contributed by atoms with van der Waals surface area (Å²) in [5.41, 5.74) is 4.10. The molecule has 100 valence electrons. The average molecular weight is 256 g/mol. The van der Waals surface area contributed by atoms with E-state index < -0.39 is 0 Å². The lowest BCUT2D eigenvalue weighted by Gasteiger charge is -2.01. The van der Waals surface area contributed by atoms with Gasteiger partial charge in [0.25, 0.3) is 0 Å². The van der Waals surface area contributed by atoms with Crippen molar-refractivity contribution >= 4 is 22.8 Å². The molecule has 3 heteroatoms. The Kier molecular flexibility index (Phi) is 6.30. The van der Waals surface area contributed by atoms with E-state index in [4.69, 9.17) is 0 Å². The van der Waals surface area contributed by atoms with Crippen LogP contribution in [0, 0.1) is 0 Å². The van der Waals surface area contributed by atoms with Crippen LogP contribution in [0.1, 0.15) is 13.8 Å². The Morgan fingerprint density at radius 1 is 0.947 bits per heavy atom. The lowest BCUT2D eigenvalue weighted by Crippen LogP contribution is -2.67. The van der Waals surface area contributed by atoms with Crippen LogP contribution < -0.4 is 10.3 Å². The maximum absolute atomic E-state index is 4.54. The Labute approximate surface area is 115 Å². The molecule has 0 fully saturated rings. The van der Waals surface area contributed by atoms with Crippen LogP contribution in [0.3, 0.4) is 0 Å². The van der Waals surface area contributed by atoms with Gasteiger partial charge in [0.2, 0.25) is 0 Å². The smallest absolute Gasteiger partial charge is 0.198 e. The van der Waals surface area contributed by atoms with Crippen LogP contribution in [-0.2, 0) is 0 Å². The summed E-state index contributed by atoms with van der Waals surface area (Å²) in [4.78, 5) is 7.62. The molecule has 0 atom stereocenters. The molecule has 1 aromatic rings. The van der Waals surface area contributed by atoms with Crippen molar-refractivity contribution in [1.82, 2.24) is 0 Å². The molecule has 0 aliphatic heterocycles. The number of aliphatic imine (C=N–C) groups is 1. The molecule has 0 amide bonds. The minimum Gasteiger partial charge on any atom is -0.388 e. The molecule has 3 nitrogen and oxygen atoms in total. The van der Waals surface area contributed by atoms with Gasteiger partial charge in [-0.2, -0.15) is 0 Å². The second kappa shape index (κ2) is 8.03. The number of rotatable bonds is 2. The molecule has 0 saturated carbocycles. The molecule has 0 spiro atoms. The highest BCUT2D eigenvalue weighted by Gasteiger charge is 2.01. The quantitative estimate of drug-likeness (QED) is 0.781. The van der Waals surface area contributed by atoms with Crippen molar-refractivity contribution in [2.24, 2.45) is 4.99 Å². The van der Waals surface area contributed by atoms with Gasteiger partial charge in [0.05, 0.1) is 11.4 Å². The van der Waals surface area contributed by atoms with Crippen LogP contribution in [0.2, 0.25) is 0 Å². The monoisotopic (exact) mass is 256 g/mol. The van der Waals surface area contributed by atoms with Gasteiger partial charge in [0.15, 0.2) is 5.71 Å². The van der Waals surface area contributed by atoms with E-state index in [2.05, 4.69) is 15.3 Å². The molecule has 2 rings (SSSR count). The number of hydrogen-bond acceptors (Lipinski definition) is 2. The minimum absolute atomic E-state index is 0.959. The van der Waals surface area contributed by atoms with E-state index in [1.807, 2.05) is 76.5 Å². The lowest BCUT2D eigenvalue weighted by atomic mass is 10.1. The first-order chi connectivity index (χ1) is 9.31. The van der Waals surface area contributed by atoms with Crippen molar-refractivity contribution in [2.45, 2.75) is 13.8 Å². The van der Waals surface area contributed by atoms with Crippen LogP contribution in [0.25, 0.3) is 0 Å². The van der Waals surface area contributed by atoms with Crippen molar-refractivity contribution in [3.8, 4) is 0 Å². The normalized spacial score (nSPS) is 12.6. The highest BCUT2D eigenvalue weighted by molar-refractivity contribution is 6.17. The maximum atomic E-state index is 4.54. The van der Waals surface area contributed by atoms with E-state index in [1.165, 1.54) is 0 Å². The van der Waals surface area contributed by atoms with Gasteiger partial charge < -0.3 is 5.32 Å². The van der Waals surface area contributed by atoms with E-state index in [1.54, 1.807) is 0 Å². The first-order valence-corrected chi connectivity index (χ1v) is 6.59. The van der Waals surface area contributed by atoms with Gasteiger partial charge in [-0.15, -0.1) is 0 Å². The summed E-state index contributed by atoms with van der Waals surface area (Å²) in [6.45, 7) is 4.00. The molecular formula is C16H22N3+. The first-order valence-electron chi connectivity index (χ1n) is 6.59. The molecule has 1 aliphatic rings. The third kappa shape index (κ3) is 4.54. The second-order valence-electron chi connectivity index (χ2n) is 3.71. The minimum atomic E-state index is 0.959. The van der Waals surface area contributed by atoms with E-state index in [-0.39, 0.29) is 0 Å². The maximum Gasteiger partial charge on any atom is 0.198 e. The topological polar surface area (TPSA) is 38.4 Å². The van der Waals surface area contributed by atoms with Gasteiger partial charge in [0, 0.05) is 24.9 Å². The molecule has 0 heterocycles. The number of anilines is 1. The van der Waals surface area contributed by atoms with Crippen LogP contribution in [-0.4, -0.2) is 25.5 Å². The van der Waals surface area contributed by atoms with Gasteiger partial charge in [-0.05, 0) is 36.4 Å². The zero-order valence-corrected chi connectivity index (χ0v) is 12.1. The largest absolute Gasteiger partial charge is 0.388 e. The van der Waals surface area contributed by atoms with Crippen LogP contribution >= 0.6 is 0 Å². The fraction of sp³-hybridized carbons (Fsp3) is 0.250. The van der Waals surface area contributed by atoms with Crippen LogP contribution in [0.5, 0.6) is 0 Å². The fourth-order valence-corrected chi connectivity index (χ4v) is 1.55. The Morgan fingerprint density at radius 3 is 2.00 bits per heavy atom. The molecule has 0 unspecified atom stereocenters. The standard InChI is InChI=1S/C14H15N3.C2H6/c1-15-11-3-7-13(8-4-11)17-14-9-5-12(16-2)6-10-14;1-2/h3-10,15H,1-2H3;1-2H3/p+1. The van der Waals surface area contributed by atoms with Gasteiger partial charge in [-0.3, -0.25) is 0 Å². The number of nitrogens with zero attached hydrogens (tertiary/aromatic N) is 1. The predicted octanol–water partition coefficient (Wildman–Crippen LogP) is 2.10. The zero-order valence-electron chi connectivity index (χ0n) is 12.1. The Balaban J connectivity index is 0.000000861. The van der Waals surface area contributed by atoms with Gasteiger partial charge in [0.1, 0.15) is 7.05 Å². The van der Waals surface area contributed by atoms with Crippen molar-refractivity contribution in [1.29, 1.82) is 0 Å². The van der Waals surface area contributed by atoms with Crippen LogP contribution in [0.15, 0.2) is 53.6 Å². The fourth-order valence-electron chi connectivity index (χ4n) is 1.55. The predicted molar refractivity (Wildman–Crippen MR) is 84.6 cm³/mol. The third-order valence-electron chi connectivity index (χ3n) is 2.57. The van der Waals surface area contributed by atoms with Crippen molar-refractivity contribution in [2.75, 3.05) is 19.4 Å². The molecule has 0 saturated heterocycles. The summed E-state index contributed by atoms with van der Waals surface area (Å²) in [6, 6.07) is 8.03. The summed E-state index contributed by atoms with van der Waals surface area (Å²) in [5, 5.41) is 3.08. The van der Waals surface area contributed by atoms with E-state index in [9.17, 15) is 0 Å². The van der Waals surface area contributed by atoms with Crippen LogP contribution in [0.4, 0.5) is 11.4 Å². The number of hydrogen-bond donors (Lipinski definition) is 2. The summed E-state index contributed by atoms with van der Waals surface area (Å²) in [7, 11) is 3.81. The number of benzene rings is 1. The molecule has 0 bridgehead atoms. The highest BCUT2D eigenvalue weighted by atomic mass is 14.8. The summed E-state index contributed by atoms with van der Waals surface area (Å²) in [5.74, 6) is 0. The first kappa shape index (κ1) is 14.9. The van der Waals surface area contributed by atoms with Gasteiger partial charge >= 0.3 is 0 Å². The van der Waals surface area contributed by atoms with Crippen molar-refractivity contribution in [3.63, 3.8) is 0 Å². The highest BCUT2D eigenvalue weighted by Crippen LogP contribution is 2.16. The Bertz CT molecular complexity index is 487. The molecule has 1 aromatic carbocycles. The third-order valence-corrected chi connectivity index (χ3v) is 2.57. The lowest BCUT2D eigenvalue weighted by molar-refractivity contribution is -0.417. The van der Waals surface area contributed by atoms with Gasteiger partial charge in [-0.1, -0.05) is 13.8 Å². The molecule has 19 heavy (non-hydrogen) atoms. The van der Waals surface area contributed by atoms with E-state index in [0.29, 0.717) is 0 Å². The second-order valence-corrected chi connectivity index (χ2v) is 3.71. The molecule has 0 radical (unpaired) electrons. The van der Waals surface area contributed by atoms with Crippen molar-refractivity contribution < 1.29 is 4.99 Å². The Hall–Kier alpha value is -2.16. The van der Waals surface area contributed by atoms with Gasteiger partial charge in [-0.25, -0.2) is 9.98 Å². The average Bonchev–Trinajstić information content (AvgIpc) is 2.51. The summed E-state index contributed by atoms with van der Waals surface area (Å²) in [6.07, 6.45) is 8.03. The van der Waals surface area contributed by atoms with E-state index in [0.717, 1.165) is 22.8 Å². The molecule has 2 N–H and O–H groups in total. The Morgan fingerprint density at radius 2 is 1.53 bits per heavy atom. The number of allylic oxidation sites excluding steroid dienone is 4.